The molecule has 116 valence electrons. The molecule has 5 heteroatoms. The Kier molecular flexibility index (Phi) is 4.71. The number of benzene rings is 2. The first-order valence-electron chi connectivity index (χ1n) is 7.15. The molecule has 1 aliphatic rings. The molecule has 0 saturated carbocycles. The molecule has 22 heavy (non-hydrogen) atoms. The lowest BCUT2D eigenvalue weighted by molar-refractivity contribution is -0.0329. The molecule has 3 rings (SSSR count). The zero-order valence-corrected chi connectivity index (χ0v) is 12.7. The lowest BCUT2D eigenvalue weighted by Crippen LogP contribution is -2.37. The Labute approximate surface area is 133 Å². The maximum absolute atomic E-state index is 13.2. The lowest BCUT2D eigenvalue weighted by Gasteiger charge is -2.33. The van der Waals surface area contributed by atoms with Gasteiger partial charge in [0.05, 0.1) is 17.7 Å². The summed E-state index contributed by atoms with van der Waals surface area (Å²) in [6, 6.07) is 11.2. The number of ether oxygens (including phenoxy) is 1. The Morgan fingerprint density at radius 2 is 1.91 bits per heavy atom. The molecule has 2 aromatic rings. The fraction of sp³-hybridized carbons (Fsp3) is 0.294. The van der Waals surface area contributed by atoms with Gasteiger partial charge in [0.1, 0.15) is 11.6 Å². The zero-order valence-electron chi connectivity index (χ0n) is 11.9. The molecular weight excluding hydrogens is 308 g/mol. The van der Waals surface area contributed by atoms with E-state index in [1.54, 1.807) is 24.3 Å². The highest BCUT2D eigenvalue weighted by Gasteiger charge is 2.22. The van der Waals surface area contributed by atoms with E-state index in [0.717, 1.165) is 24.2 Å². The molecule has 0 bridgehead atoms. The summed E-state index contributed by atoms with van der Waals surface area (Å²) in [5.41, 5.74) is 1.93. The van der Waals surface area contributed by atoms with Gasteiger partial charge in [-0.1, -0.05) is 29.8 Å². The third-order valence-corrected chi connectivity index (χ3v) is 4.08. The van der Waals surface area contributed by atoms with Crippen LogP contribution < -0.4 is 0 Å². The minimum absolute atomic E-state index is 0.108. The number of nitrogens with zero attached hydrogens (tertiary/aromatic N) is 1. The second-order valence-corrected chi connectivity index (χ2v) is 5.80. The SMILES string of the molecule is Fc1ccc(CN2CCOC(c3ccc(F)c(Cl)c3)C2)cc1. The summed E-state index contributed by atoms with van der Waals surface area (Å²) in [6.45, 7) is 2.83. The van der Waals surface area contributed by atoms with Gasteiger partial charge in [-0.15, -0.1) is 0 Å². The van der Waals surface area contributed by atoms with Gasteiger partial charge in [-0.05, 0) is 35.4 Å². The molecule has 2 nitrogen and oxygen atoms in total. The molecule has 0 spiro atoms. The summed E-state index contributed by atoms with van der Waals surface area (Å²) in [7, 11) is 0. The van der Waals surface area contributed by atoms with Crippen molar-refractivity contribution in [3.63, 3.8) is 0 Å². The van der Waals surface area contributed by atoms with Crippen LogP contribution in [0.1, 0.15) is 17.2 Å². The van der Waals surface area contributed by atoms with Crippen molar-refractivity contribution in [1.82, 2.24) is 4.90 Å². The van der Waals surface area contributed by atoms with Gasteiger partial charge in [-0.2, -0.15) is 0 Å². The minimum atomic E-state index is -0.426. The maximum Gasteiger partial charge on any atom is 0.141 e. The molecule has 1 saturated heterocycles. The third kappa shape index (κ3) is 3.64. The van der Waals surface area contributed by atoms with Crippen LogP contribution in [-0.4, -0.2) is 24.6 Å². The fourth-order valence-electron chi connectivity index (χ4n) is 2.61. The minimum Gasteiger partial charge on any atom is -0.371 e. The van der Waals surface area contributed by atoms with Crippen LogP contribution in [0.3, 0.4) is 0 Å². The average Bonchev–Trinajstić information content (AvgIpc) is 2.53. The fourth-order valence-corrected chi connectivity index (χ4v) is 2.80. The quantitative estimate of drug-likeness (QED) is 0.839. The molecular formula is C17H16ClF2NO. The van der Waals surface area contributed by atoms with Crippen LogP contribution in [0.2, 0.25) is 5.02 Å². The van der Waals surface area contributed by atoms with E-state index in [1.807, 2.05) is 0 Å². The first-order valence-corrected chi connectivity index (χ1v) is 7.53. The molecule has 1 heterocycles. The van der Waals surface area contributed by atoms with Gasteiger partial charge in [0, 0.05) is 19.6 Å². The number of morpholine rings is 1. The van der Waals surface area contributed by atoms with Crippen LogP contribution in [0.25, 0.3) is 0 Å². The van der Waals surface area contributed by atoms with E-state index in [1.165, 1.54) is 18.2 Å². The molecule has 1 unspecified atom stereocenters. The van der Waals surface area contributed by atoms with Crippen molar-refractivity contribution >= 4 is 11.6 Å². The first-order chi connectivity index (χ1) is 10.6. The van der Waals surface area contributed by atoms with Crippen LogP contribution >= 0.6 is 11.6 Å². The monoisotopic (exact) mass is 323 g/mol. The molecule has 0 radical (unpaired) electrons. The molecule has 1 aliphatic heterocycles. The Morgan fingerprint density at radius 3 is 2.64 bits per heavy atom. The summed E-state index contributed by atoms with van der Waals surface area (Å²) in [5.74, 6) is -0.658. The topological polar surface area (TPSA) is 12.5 Å². The number of halogens is 3. The van der Waals surface area contributed by atoms with Gasteiger partial charge >= 0.3 is 0 Å². The van der Waals surface area contributed by atoms with Crippen LogP contribution in [0, 0.1) is 11.6 Å². The highest BCUT2D eigenvalue weighted by atomic mass is 35.5. The number of rotatable bonds is 3. The number of hydrogen-bond donors (Lipinski definition) is 0. The van der Waals surface area contributed by atoms with Gasteiger partial charge in [-0.25, -0.2) is 8.78 Å². The summed E-state index contributed by atoms with van der Waals surface area (Å²) in [6.07, 6.45) is -0.132. The van der Waals surface area contributed by atoms with Crippen LogP contribution in [0.4, 0.5) is 8.78 Å². The highest BCUT2D eigenvalue weighted by Crippen LogP contribution is 2.26. The summed E-state index contributed by atoms with van der Waals surface area (Å²) >= 11 is 5.83. The Bertz CT molecular complexity index is 648. The molecule has 0 aromatic heterocycles. The summed E-state index contributed by atoms with van der Waals surface area (Å²) in [5, 5.41) is 0.108. The standard InChI is InChI=1S/C17H16ClF2NO/c18-15-9-13(3-6-16(15)20)17-11-21(7-8-22-17)10-12-1-4-14(19)5-2-12/h1-6,9,17H,7-8,10-11H2. The Balaban J connectivity index is 1.68. The van der Waals surface area contributed by atoms with E-state index in [9.17, 15) is 8.78 Å². The largest absolute Gasteiger partial charge is 0.371 e. The molecule has 1 atom stereocenters. The second-order valence-electron chi connectivity index (χ2n) is 5.39. The van der Waals surface area contributed by atoms with Crippen LogP contribution in [0.15, 0.2) is 42.5 Å². The van der Waals surface area contributed by atoms with Gasteiger partial charge in [-0.3, -0.25) is 4.90 Å². The van der Waals surface area contributed by atoms with E-state index >= 15 is 0 Å². The third-order valence-electron chi connectivity index (χ3n) is 3.79. The Morgan fingerprint density at radius 1 is 1.14 bits per heavy atom. The van der Waals surface area contributed by atoms with Crippen LogP contribution in [0.5, 0.6) is 0 Å². The van der Waals surface area contributed by atoms with Gasteiger partial charge in [0.15, 0.2) is 0 Å². The molecule has 0 N–H and O–H groups in total. The van der Waals surface area contributed by atoms with Gasteiger partial charge in [0.25, 0.3) is 0 Å². The molecule has 1 fully saturated rings. The van der Waals surface area contributed by atoms with Crippen molar-refractivity contribution in [2.45, 2.75) is 12.6 Å². The van der Waals surface area contributed by atoms with E-state index < -0.39 is 5.82 Å². The summed E-state index contributed by atoms with van der Waals surface area (Å²) < 4.78 is 32.0. The first kappa shape index (κ1) is 15.4. The smallest absolute Gasteiger partial charge is 0.141 e. The summed E-state index contributed by atoms with van der Waals surface area (Å²) in [4.78, 5) is 2.23. The normalized spacial score (nSPS) is 19.3. The molecule has 0 amide bonds. The van der Waals surface area contributed by atoms with Crippen LogP contribution in [-0.2, 0) is 11.3 Å². The lowest BCUT2D eigenvalue weighted by atomic mass is 10.1. The maximum atomic E-state index is 13.2. The van der Waals surface area contributed by atoms with Crippen molar-refractivity contribution in [3.05, 3.63) is 70.2 Å². The van der Waals surface area contributed by atoms with Gasteiger partial charge in [0.2, 0.25) is 0 Å². The van der Waals surface area contributed by atoms with E-state index in [0.29, 0.717) is 13.2 Å². The second kappa shape index (κ2) is 6.73. The highest BCUT2D eigenvalue weighted by molar-refractivity contribution is 6.30. The zero-order chi connectivity index (χ0) is 15.5. The van der Waals surface area contributed by atoms with E-state index in [4.69, 9.17) is 16.3 Å². The van der Waals surface area contributed by atoms with Crippen molar-refractivity contribution in [3.8, 4) is 0 Å². The van der Waals surface area contributed by atoms with E-state index in [-0.39, 0.29) is 16.9 Å². The molecule has 0 aliphatic carbocycles. The predicted molar refractivity (Wildman–Crippen MR) is 81.8 cm³/mol. The van der Waals surface area contributed by atoms with Gasteiger partial charge < -0.3 is 4.74 Å². The van der Waals surface area contributed by atoms with Crippen molar-refractivity contribution in [1.29, 1.82) is 0 Å². The van der Waals surface area contributed by atoms with Crippen molar-refractivity contribution < 1.29 is 13.5 Å². The van der Waals surface area contributed by atoms with E-state index in [2.05, 4.69) is 4.90 Å². The molecule has 2 aromatic carbocycles. The van der Waals surface area contributed by atoms with Crippen molar-refractivity contribution in [2.75, 3.05) is 19.7 Å². The Hall–Kier alpha value is -1.49. The number of hydrogen-bond acceptors (Lipinski definition) is 2. The predicted octanol–water partition coefficient (Wildman–Crippen LogP) is 4.19. The average molecular weight is 324 g/mol. The van der Waals surface area contributed by atoms with Crippen molar-refractivity contribution in [2.24, 2.45) is 0 Å².